The van der Waals surface area contributed by atoms with Crippen LogP contribution in [0.2, 0.25) is 0 Å². The van der Waals surface area contributed by atoms with E-state index in [2.05, 4.69) is 15.0 Å². The monoisotopic (exact) mass is 192 g/mol. The minimum atomic E-state index is 0.531. The van der Waals surface area contributed by atoms with Gasteiger partial charge in [0.25, 0.3) is 0 Å². The van der Waals surface area contributed by atoms with Gasteiger partial charge in [-0.05, 0) is 12.1 Å². The third kappa shape index (κ3) is 2.00. The molecule has 5 heteroatoms. The maximum atomic E-state index is 5.46. The summed E-state index contributed by atoms with van der Waals surface area (Å²) in [6.45, 7) is 0. The number of H-pyrrole nitrogens is 1. The van der Waals surface area contributed by atoms with Gasteiger partial charge in [-0.2, -0.15) is 0 Å². The van der Waals surface area contributed by atoms with Crippen molar-refractivity contribution in [2.24, 2.45) is 0 Å². The Morgan fingerprint density at radius 3 is 2.85 bits per heavy atom. The SMILES string of the molecule is Nc1ccc(Sc2ncc[nH]2)cn1. The number of hydrogen-bond acceptors (Lipinski definition) is 4. The zero-order chi connectivity index (χ0) is 9.10. The summed E-state index contributed by atoms with van der Waals surface area (Å²) < 4.78 is 0. The zero-order valence-corrected chi connectivity index (χ0v) is 7.58. The lowest BCUT2D eigenvalue weighted by atomic mass is 10.5. The number of nitrogens with two attached hydrogens (primary N) is 1. The van der Waals surface area contributed by atoms with E-state index < -0.39 is 0 Å². The van der Waals surface area contributed by atoms with Gasteiger partial charge in [-0.25, -0.2) is 9.97 Å². The number of nitrogen functional groups attached to an aromatic ring is 1. The van der Waals surface area contributed by atoms with Crippen LogP contribution in [-0.2, 0) is 0 Å². The molecule has 2 rings (SSSR count). The molecule has 0 aliphatic carbocycles. The van der Waals surface area contributed by atoms with Crippen LogP contribution in [0.25, 0.3) is 0 Å². The van der Waals surface area contributed by atoms with E-state index in [1.807, 2.05) is 6.07 Å². The molecule has 0 amide bonds. The summed E-state index contributed by atoms with van der Waals surface area (Å²) in [6, 6.07) is 3.68. The van der Waals surface area contributed by atoms with Gasteiger partial charge in [0.2, 0.25) is 0 Å². The molecule has 66 valence electrons. The highest BCUT2D eigenvalue weighted by atomic mass is 32.2. The van der Waals surface area contributed by atoms with Crippen molar-refractivity contribution in [3.8, 4) is 0 Å². The number of anilines is 1. The number of aromatic nitrogens is 3. The van der Waals surface area contributed by atoms with Crippen LogP contribution >= 0.6 is 11.8 Å². The first-order chi connectivity index (χ1) is 6.34. The van der Waals surface area contributed by atoms with E-state index in [1.165, 1.54) is 11.8 Å². The number of pyridine rings is 1. The Labute approximate surface area is 79.6 Å². The Balaban J connectivity index is 2.15. The first-order valence-corrected chi connectivity index (χ1v) is 4.55. The molecular formula is C8H8N4S. The Morgan fingerprint density at radius 1 is 1.31 bits per heavy atom. The molecule has 2 aromatic heterocycles. The summed E-state index contributed by atoms with van der Waals surface area (Å²) in [4.78, 5) is 12.1. The molecule has 0 fully saturated rings. The molecule has 0 saturated heterocycles. The van der Waals surface area contributed by atoms with Gasteiger partial charge in [-0.3, -0.25) is 0 Å². The van der Waals surface area contributed by atoms with Gasteiger partial charge >= 0.3 is 0 Å². The van der Waals surface area contributed by atoms with Crippen LogP contribution in [0.1, 0.15) is 0 Å². The normalized spacial score (nSPS) is 10.2. The van der Waals surface area contributed by atoms with Gasteiger partial charge in [-0.1, -0.05) is 11.8 Å². The van der Waals surface area contributed by atoms with Crippen molar-refractivity contribution in [2.75, 3.05) is 5.73 Å². The molecule has 0 bridgehead atoms. The lowest BCUT2D eigenvalue weighted by molar-refractivity contribution is 1.06. The van der Waals surface area contributed by atoms with Crippen molar-refractivity contribution in [1.29, 1.82) is 0 Å². The molecule has 0 aliphatic heterocycles. The van der Waals surface area contributed by atoms with E-state index in [9.17, 15) is 0 Å². The molecule has 13 heavy (non-hydrogen) atoms. The molecule has 0 aliphatic rings. The smallest absolute Gasteiger partial charge is 0.170 e. The molecule has 2 heterocycles. The summed E-state index contributed by atoms with van der Waals surface area (Å²) in [6.07, 6.45) is 5.22. The van der Waals surface area contributed by atoms with Gasteiger partial charge in [-0.15, -0.1) is 0 Å². The summed E-state index contributed by atoms with van der Waals surface area (Å²) in [5.41, 5.74) is 5.46. The highest BCUT2D eigenvalue weighted by molar-refractivity contribution is 7.99. The van der Waals surface area contributed by atoms with Crippen molar-refractivity contribution in [1.82, 2.24) is 15.0 Å². The topological polar surface area (TPSA) is 67.6 Å². The lowest BCUT2D eigenvalue weighted by Gasteiger charge is -1.96. The number of nitrogens with one attached hydrogen (secondary N) is 1. The Morgan fingerprint density at radius 2 is 2.23 bits per heavy atom. The van der Waals surface area contributed by atoms with Crippen LogP contribution in [0.15, 0.2) is 40.8 Å². The standard InChI is InChI=1S/C8H8N4S/c9-7-2-1-6(5-12-7)13-8-10-3-4-11-8/h1-5H,(H2,9,12)(H,10,11). The number of nitrogens with zero attached hydrogens (tertiary/aromatic N) is 2. The molecule has 0 saturated carbocycles. The van der Waals surface area contributed by atoms with E-state index in [0.717, 1.165) is 10.1 Å². The highest BCUT2D eigenvalue weighted by Gasteiger charge is 1.98. The van der Waals surface area contributed by atoms with Crippen molar-refractivity contribution in [2.45, 2.75) is 10.1 Å². The zero-order valence-electron chi connectivity index (χ0n) is 6.77. The van der Waals surface area contributed by atoms with Crippen molar-refractivity contribution < 1.29 is 0 Å². The summed E-state index contributed by atoms with van der Waals surface area (Å²) in [7, 11) is 0. The average molecular weight is 192 g/mol. The molecule has 3 N–H and O–H groups in total. The predicted molar refractivity (Wildman–Crippen MR) is 51.4 cm³/mol. The third-order valence-corrected chi connectivity index (χ3v) is 2.34. The quantitative estimate of drug-likeness (QED) is 0.757. The van der Waals surface area contributed by atoms with Gasteiger partial charge in [0.15, 0.2) is 5.16 Å². The lowest BCUT2D eigenvalue weighted by Crippen LogP contribution is -1.88. The highest BCUT2D eigenvalue weighted by Crippen LogP contribution is 2.23. The first-order valence-electron chi connectivity index (χ1n) is 3.73. The molecule has 4 nitrogen and oxygen atoms in total. The van der Waals surface area contributed by atoms with Crippen LogP contribution in [0.4, 0.5) is 5.82 Å². The minimum Gasteiger partial charge on any atom is -0.384 e. The Bertz CT molecular complexity index is 368. The number of hydrogen-bond donors (Lipinski definition) is 2. The van der Waals surface area contributed by atoms with Crippen LogP contribution < -0.4 is 5.73 Å². The van der Waals surface area contributed by atoms with Crippen molar-refractivity contribution in [3.05, 3.63) is 30.7 Å². The second kappa shape index (κ2) is 3.49. The molecule has 0 aromatic carbocycles. The maximum Gasteiger partial charge on any atom is 0.170 e. The minimum absolute atomic E-state index is 0.531. The fourth-order valence-corrected chi connectivity index (χ4v) is 1.58. The number of rotatable bonds is 2. The van der Waals surface area contributed by atoms with Crippen LogP contribution in [0.5, 0.6) is 0 Å². The first kappa shape index (κ1) is 8.12. The van der Waals surface area contributed by atoms with Gasteiger partial charge in [0, 0.05) is 23.5 Å². The van der Waals surface area contributed by atoms with Crippen LogP contribution in [0, 0.1) is 0 Å². The van der Waals surface area contributed by atoms with Gasteiger partial charge in [0.1, 0.15) is 5.82 Å². The molecule has 0 unspecified atom stereocenters. The maximum absolute atomic E-state index is 5.46. The second-order valence-electron chi connectivity index (χ2n) is 2.42. The van der Waals surface area contributed by atoms with Crippen LogP contribution in [0.3, 0.4) is 0 Å². The fourth-order valence-electron chi connectivity index (χ4n) is 0.870. The molecule has 0 radical (unpaired) electrons. The van der Waals surface area contributed by atoms with Gasteiger partial charge < -0.3 is 10.7 Å². The third-order valence-electron chi connectivity index (χ3n) is 1.45. The van der Waals surface area contributed by atoms with Gasteiger partial charge in [0.05, 0.1) is 0 Å². The van der Waals surface area contributed by atoms with E-state index in [0.29, 0.717) is 5.82 Å². The number of imidazole rings is 1. The largest absolute Gasteiger partial charge is 0.384 e. The second-order valence-corrected chi connectivity index (χ2v) is 3.48. The van der Waals surface area contributed by atoms with Crippen molar-refractivity contribution in [3.63, 3.8) is 0 Å². The fraction of sp³-hybridized carbons (Fsp3) is 0. The Kier molecular flexibility index (Phi) is 2.18. The molecule has 0 atom stereocenters. The Hall–Kier alpha value is -1.49. The van der Waals surface area contributed by atoms with E-state index in [-0.39, 0.29) is 0 Å². The summed E-state index contributed by atoms with van der Waals surface area (Å²) in [5.74, 6) is 0.531. The molecule has 0 spiro atoms. The number of aromatic amines is 1. The van der Waals surface area contributed by atoms with Crippen molar-refractivity contribution >= 4 is 17.6 Å². The average Bonchev–Trinajstić information content (AvgIpc) is 2.62. The van der Waals surface area contributed by atoms with E-state index in [4.69, 9.17) is 5.73 Å². The molecular weight excluding hydrogens is 184 g/mol. The van der Waals surface area contributed by atoms with E-state index >= 15 is 0 Å². The molecule has 2 aromatic rings. The van der Waals surface area contributed by atoms with Crippen LogP contribution in [-0.4, -0.2) is 15.0 Å². The summed E-state index contributed by atoms with van der Waals surface area (Å²) >= 11 is 1.52. The predicted octanol–water partition coefficient (Wildman–Crippen LogP) is 1.54. The van der Waals surface area contributed by atoms with E-state index in [1.54, 1.807) is 24.7 Å². The summed E-state index contributed by atoms with van der Waals surface area (Å²) in [5, 5.41) is 0.853.